The van der Waals surface area contributed by atoms with Crippen molar-refractivity contribution in [2.75, 3.05) is 20.8 Å². The van der Waals surface area contributed by atoms with Crippen LogP contribution in [-0.2, 0) is 14.3 Å². The quantitative estimate of drug-likeness (QED) is 0.526. The summed E-state index contributed by atoms with van der Waals surface area (Å²) in [6.45, 7) is 8.04. The highest BCUT2D eigenvalue weighted by molar-refractivity contribution is 8.16. The number of nitrogens with zero attached hydrogens (tertiary/aromatic N) is 2. The average Bonchev–Trinajstić information content (AvgIpc) is 3.55. The van der Waals surface area contributed by atoms with Gasteiger partial charge in [0.1, 0.15) is 5.60 Å². The van der Waals surface area contributed by atoms with Crippen LogP contribution in [0, 0.1) is 5.92 Å². The maximum Gasteiger partial charge on any atom is 0.338 e. The topological polar surface area (TPSA) is 89.5 Å². The van der Waals surface area contributed by atoms with Crippen molar-refractivity contribution in [1.82, 2.24) is 10.2 Å². The zero-order valence-electron chi connectivity index (χ0n) is 21.1. The van der Waals surface area contributed by atoms with Gasteiger partial charge in [0.05, 0.1) is 38.0 Å². The Balaban J connectivity index is 1.72. The number of hydrogen-bond donors (Lipinski definition) is 1. The van der Waals surface area contributed by atoms with Crippen LogP contribution in [0.3, 0.4) is 0 Å². The molecule has 0 aromatic heterocycles. The number of nitrogens with one attached hydrogen (secondary N) is 1. The first-order valence-corrected chi connectivity index (χ1v) is 12.7. The van der Waals surface area contributed by atoms with Crippen LogP contribution in [0.4, 0.5) is 0 Å². The molecule has 3 aliphatic rings. The zero-order valence-corrected chi connectivity index (χ0v) is 22.0. The Hall–Kier alpha value is -2.94. The fourth-order valence-electron chi connectivity index (χ4n) is 4.11. The van der Waals surface area contributed by atoms with Gasteiger partial charge in [0.2, 0.25) is 5.91 Å². The monoisotopic (exact) mass is 499 g/mol. The number of aliphatic imine (C=N–C) groups is 1. The molecule has 1 N–H and O–H groups in total. The minimum atomic E-state index is -0.669. The van der Waals surface area contributed by atoms with E-state index in [-0.39, 0.29) is 12.3 Å². The van der Waals surface area contributed by atoms with Crippen LogP contribution < -0.4 is 14.8 Å². The van der Waals surface area contributed by atoms with E-state index in [2.05, 4.69) is 5.32 Å². The van der Waals surface area contributed by atoms with E-state index in [1.165, 1.54) is 24.6 Å². The fourth-order valence-corrected chi connectivity index (χ4v) is 5.07. The Morgan fingerprint density at radius 1 is 1.17 bits per heavy atom. The lowest BCUT2D eigenvalue weighted by Crippen LogP contribution is -2.39. The molecule has 0 spiro atoms. The van der Waals surface area contributed by atoms with Crippen LogP contribution in [0.5, 0.6) is 11.5 Å². The number of thioether (sulfide) groups is 1. The van der Waals surface area contributed by atoms with Crippen molar-refractivity contribution in [3.63, 3.8) is 0 Å². The maximum absolute atomic E-state index is 13.4. The van der Waals surface area contributed by atoms with Gasteiger partial charge in [-0.1, -0.05) is 17.8 Å². The van der Waals surface area contributed by atoms with Crippen LogP contribution in [0.15, 0.2) is 45.6 Å². The van der Waals surface area contributed by atoms with Crippen molar-refractivity contribution in [1.29, 1.82) is 0 Å². The molecular formula is C26H33N3O5S. The maximum atomic E-state index is 13.4. The third-order valence-electron chi connectivity index (χ3n) is 5.97. The summed E-state index contributed by atoms with van der Waals surface area (Å²) in [5.74, 6) is 1.26. The van der Waals surface area contributed by atoms with Gasteiger partial charge in [-0.15, -0.1) is 0 Å². The third kappa shape index (κ3) is 5.66. The van der Waals surface area contributed by atoms with Gasteiger partial charge < -0.3 is 24.4 Å². The summed E-state index contributed by atoms with van der Waals surface area (Å²) in [5, 5.41) is 5.69. The van der Waals surface area contributed by atoms with Crippen LogP contribution in [0.1, 0.15) is 58.6 Å². The van der Waals surface area contributed by atoms with E-state index in [0.717, 1.165) is 16.4 Å². The molecule has 1 aromatic carbocycles. The van der Waals surface area contributed by atoms with Crippen molar-refractivity contribution in [3.05, 3.63) is 46.1 Å². The molecule has 1 aromatic rings. The Morgan fingerprint density at radius 2 is 1.89 bits per heavy atom. The largest absolute Gasteiger partial charge is 0.493 e. The molecule has 0 unspecified atom stereocenters. The first-order valence-electron chi connectivity index (χ1n) is 11.8. The van der Waals surface area contributed by atoms with Gasteiger partial charge >= 0.3 is 5.97 Å². The Labute approximate surface area is 210 Å². The number of carbonyl (C=O) groups is 2. The molecule has 9 heteroatoms. The lowest BCUT2D eigenvalue weighted by Gasteiger charge is -2.37. The standard InChI is InChI=1S/C26H33N3O5S/c1-15-22(24(31)34-26(2,3)4)23(17-9-10-19(32-5)20(11-17)33-6)29-18(14-35-25(29)28-15)12-21(30)27-13-16-7-8-16/h9-11,14,16,23H,7-8,12-13H2,1-6H3,(H,27,30)/t23-/m1/s1. The molecule has 1 saturated carbocycles. The number of benzene rings is 1. The van der Waals surface area contributed by atoms with E-state index in [1.54, 1.807) is 14.2 Å². The summed E-state index contributed by atoms with van der Waals surface area (Å²) in [6.07, 6.45) is 2.54. The van der Waals surface area contributed by atoms with E-state index < -0.39 is 17.6 Å². The van der Waals surface area contributed by atoms with Gasteiger partial charge in [-0.05, 0) is 69.6 Å². The molecule has 35 heavy (non-hydrogen) atoms. The number of allylic oxidation sites excluding steroid dienone is 1. The molecule has 0 saturated heterocycles. The minimum absolute atomic E-state index is 0.0406. The molecule has 1 fully saturated rings. The van der Waals surface area contributed by atoms with Gasteiger partial charge in [0.15, 0.2) is 16.7 Å². The van der Waals surface area contributed by atoms with E-state index >= 15 is 0 Å². The number of methoxy groups -OCH3 is 2. The van der Waals surface area contributed by atoms with Gasteiger partial charge in [-0.2, -0.15) is 0 Å². The van der Waals surface area contributed by atoms with E-state index in [4.69, 9.17) is 19.2 Å². The van der Waals surface area contributed by atoms with Gasteiger partial charge in [-0.25, -0.2) is 9.79 Å². The van der Waals surface area contributed by atoms with Gasteiger partial charge in [0, 0.05) is 12.2 Å². The van der Waals surface area contributed by atoms with Crippen molar-refractivity contribution in [2.45, 2.75) is 58.6 Å². The lowest BCUT2D eigenvalue weighted by atomic mass is 9.93. The summed E-state index contributed by atoms with van der Waals surface area (Å²) in [7, 11) is 3.16. The number of esters is 1. The normalized spacial score (nSPS) is 19.6. The summed E-state index contributed by atoms with van der Waals surface area (Å²) in [6, 6.07) is 5.05. The lowest BCUT2D eigenvalue weighted by molar-refractivity contribution is -0.150. The summed E-state index contributed by atoms with van der Waals surface area (Å²) >= 11 is 1.45. The molecule has 4 rings (SSSR count). The summed E-state index contributed by atoms with van der Waals surface area (Å²) < 4.78 is 16.7. The molecule has 1 atom stereocenters. The van der Waals surface area contributed by atoms with Crippen LogP contribution in [0.2, 0.25) is 0 Å². The highest BCUT2D eigenvalue weighted by Gasteiger charge is 2.42. The molecular weight excluding hydrogens is 466 g/mol. The second-order valence-electron chi connectivity index (χ2n) is 9.93. The number of amides is 1. The number of carbonyl (C=O) groups excluding carboxylic acids is 2. The zero-order chi connectivity index (χ0) is 25.3. The van der Waals surface area contributed by atoms with Crippen LogP contribution >= 0.6 is 11.8 Å². The third-order valence-corrected chi connectivity index (χ3v) is 6.86. The second-order valence-corrected chi connectivity index (χ2v) is 10.8. The summed E-state index contributed by atoms with van der Waals surface area (Å²) in [5.41, 5.74) is 1.95. The fraction of sp³-hybridized carbons (Fsp3) is 0.500. The number of rotatable bonds is 8. The van der Waals surface area contributed by atoms with Crippen molar-refractivity contribution in [2.24, 2.45) is 10.9 Å². The van der Waals surface area contributed by atoms with Crippen molar-refractivity contribution < 1.29 is 23.8 Å². The number of hydrogen-bond acceptors (Lipinski definition) is 8. The second kappa shape index (κ2) is 9.97. The first-order chi connectivity index (χ1) is 16.6. The smallest absolute Gasteiger partial charge is 0.338 e. The molecule has 0 radical (unpaired) electrons. The van der Waals surface area contributed by atoms with Gasteiger partial charge in [-0.3, -0.25) is 4.79 Å². The van der Waals surface area contributed by atoms with Crippen molar-refractivity contribution >= 4 is 28.8 Å². The molecule has 2 aliphatic heterocycles. The molecule has 188 valence electrons. The predicted octanol–water partition coefficient (Wildman–Crippen LogP) is 4.54. The predicted molar refractivity (Wildman–Crippen MR) is 136 cm³/mol. The number of ether oxygens (including phenoxy) is 3. The SMILES string of the molecule is COc1ccc([C@@H]2C(C(=O)OC(C)(C)C)=C(C)N=C3SC=C(CC(=O)NCC4CC4)N32)cc1OC. The van der Waals surface area contributed by atoms with E-state index in [1.807, 2.05) is 56.2 Å². The Kier molecular flexibility index (Phi) is 7.17. The van der Waals surface area contributed by atoms with Crippen LogP contribution in [0.25, 0.3) is 0 Å². The minimum Gasteiger partial charge on any atom is -0.493 e. The Morgan fingerprint density at radius 3 is 2.51 bits per heavy atom. The summed E-state index contributed by atoms with van der Waals surface area (Å²) in [4.78, 5) is 32.9. The van der Waals surface area contributed by atoms with Crippen molar-refractivity contribution in [3.8, 4) is 11.5 Å². The van der Waals surface area contributed by atoms with Crippen LogP contribution in [-0.4, -0.2) is 48.3 Å². The number of fused-ring (bicyclic) bond motifs is 1. The van der Waals surface area contributed by atoms with Gasteiger partial charge in [0.25, 0.3) is 0 Å². The molecule has 0 bridgehead atoms. The first kappa shape index (κ1) is 25.2. The van der Waals surface area contributed by atoms with E-state index in [9.17, 15) is 9.59 Å². The highest BCUT2D eigenvalue weighted by atomic mass is 32.2. The molecule has 1 aliphatic carbocycles. The number of amidine groups is 1. The van der Waals surface area contributed by atoms with E-state index in [0.29, 0.717) is 35.2 Å². The average molecular weight is 500 g/mol. The Bertz CT molecular complexity index is 1110. The molecule has 2 heterocycles. The molecule has 1 amide bonds. The molecule has 8 nitrogen and oxygen atoms in total. The highest BCUT2D eigenvalue weighted by Crippen LogP contribution is 2.46.